The molecule has 1 aliphatic heterocycles. The standard InChI is InChI=1S/C18H23N3O5S/c1-12-6-2-4-8-14(12)20-16(22)11-26-17(23)10-19-18-13-7-3-5-9-15(13)27(24,25)21-18/h3,5,7,9,12,14H,2,4,6,8,10-11H2,1H3,(H,19,21)(H,20,22)/t12-,14-/m0/s1. The zero-order valence-electron chi connectivity index (χ0n) is 15.1. The van der Waals surface area contributed by atoms with Crippen LogP contribution in [0.3, 0.4) is 0 Å². The van der Waals surface area contributed by atoms with Crippen LogP contribution < -0.4 is 10.0 Å². The number of ether oxygens (including phenoxy) is 1. The number of nitrogens with zero attached hydrogens (tertiary/aromatic N) is 1. The van der Waals surface area contributed by atoms with Gasteiger partial charge in [-0.1, -0.05) is 31.9 Å². The van der Waals surface area contributed by atoms with E-state index in [0.717, 1.165) is 19.3 Å². The molecule has 1 aliphatic carbocycles. The molecule has 2 aliphatic rings. The molecule has 0 radical (unpaired) electrons. The predicted molar refractivity (Wildman–Crippen MR) is 98.7 cm³/mol. The second-order valence-electron chi connectivity index (χ2n) is 6.86. The third-order valence-electron chi connectivity index (χ3n) is 4.85. The fraction of sp³-hybridized carbons (Fsp3) is 0.500. The summed E-state index contributed by atoms with van der Waals surface area (Å²) >= 11 is 0. The number of nitrogens with one attached hydrogen (secondary N) is 2. The summed E-state index contributed by atoms with van der Waals surface area (Å²) in [5.74, 6) is -0.511. The van der Waals surface area contributed by atoms with Crippen LogP contribution in [0, 0.1) is 5.92 Å². The zero-order valence-corrected chi connectivity index (χ0v) is 15.9. The number of carbonyl (C=O) groups is 2. The van der Waals surface area contributed by atoms with Crippen LogP contribution in [-0.4, -0.2) is 45.3 Å². The molecule has 0 bridgehead atoms. The van der Waals surface area contributed by atoms with E-state index >= 15 is 0 Å². The number of sulfonamides is 1. The first-order valence-electron chi connectivity index (χ1n) is 8.98. The quantitative estimate of drug-likeness (QED) is 0.724. The van der Waals surface area contributed by atoms with Crippen molar-refractivity contribution in [1.82, 2.24) is 10.0 Å². The Labute approximate surface area is 158 Å². The first-order chi connectivity index (χ1) is 12.9. The van der Waals surface area contributed by atoms with Gasteiger partial charge in [0.15, 0.2) is 6.61 Å². The Balaban J connectivity index is 1.50. The summed E-state index contributed by atoms with van der Waals surface area (Å²) in [6.45, 7) is 1.36. The van der Waals surface area contributed by atoms with E-state index in [0.29, 0.717) is 11.5 Å². The van der Waals surface area contributed by atoms with Gasteiger partial charge < -0.3 is 10.1 Å². The van der Waals surface area contributed by atoms with Crippen molar-refractivity contribution in [3.8, 4) is 0 Å². The number of hydrogen-bond acceptors (Lipinski definition) is 6. The fourth-order valence-corrected chi connectivity index (χ4v) is 4.62. The second-order valence-corrected chi connectivity index (χ2v) is 8.51. The van der Waals surface area contributed by atoms with Crippen molar-refractivity contribution in [3.63, 3.8) is 0 Å². The Kier molecular flexibility index (Phi) is 5.79. The summed E-state index contributed by atoms with van der Waals surface area (Å²) in [6.07, 6.45) is 4.29. The van der Waals surface area contributed by atoms with Crippen molar-refractivity contribution < 1.29 is 22.7 Å². The van der Waals surface area contributed by atoms with Crippen LogP contribution in [-0.2, 0) is 24.3 Å². The minimum atomic E-state index is -3.65. The Morgan fingerprint density at radius 1 is 1.26 bits per heavy atom. The van der Waals surface area contributed by atoms with Crippen molar-refractivity contribution in [2.75, 3.05) is 13.2 Å². The Morgan fingerprint density at radius 2 is 2.00 bits per heavy atom. The summed E-state index contributed by atoms with van der Waals surface area (Å²) in [5, 5.41) is 2.90. The maximum Gasteiger partial charge on any atom is 0.328 e. The van der Waals surface area contributed by atoms with Crippen LogP contribution in [0.1, 0.15) is 38.2 Å². The van der Waals surface area contributed by atoms with Gasteiger partial charge in [0.2, 0.25) is 0 Å². The summed E-state index contributed by atoms with van der Waals surface area (Å²) in [6, 6.07) is 6.49. The molecule has 1 fully saturated rings. The van der Waals surface area contributed by atoms with Gasteiger partial charge in [-0.05, 0) is 30.9 Å². The molecular formula is C18H23N3O5S. The Bertz CT molecular complexity index is 866. The van der Waals surface area contributed by atoms with E-state index in [1.807, 2.05) is 0 Å². The summed E-state index contributed by atoms with van der Waals surface area (Å²) < 4.78 is 31.2. The highest BCUT2D eigenvalue weighted by Crippen LogP contribution is 2.24. The number of amidine groups is 1. The number of benzene rings is 1. The molecule has 9 heteroatoms. The van der Waals surface area contributed by atoms with Crippen LogP contribution >= 0.6 is 0 Å². The van der Waals surface area contributed by atoms with E-state index < -0.39 is 16.0 Å². The largest absolute Gasteiger partial charge is 0.454 e. The molecule has 8 nitrogen and oxygen atoms in total. The predicted octanol–water partition coefficient (Wildman–Crippen LogP) is 0.963. The Morgan fingerprint density at radius 3 is 2.78 bits per heavy atom. The SMILES string of the molecule is C[C@H]1CCCC[C@@H]1NC(=O)COC(=O)CN=C1NS(=O)(=O)c2ccccc21. The number of hydrogen-bond donors (Lipinski definition) is 2. The van der Waals surface area contributed by atoms with Crippen LogP contribution in [0.25, 0.3) is 0 Å². The molecule has 0 saturated heterocycles. The molecule has 2 N–H and O–H groups in total. The molecule has 1 saturated carbocycles. The smallest absolute Gasteiger partial charge is 0.328 e. The molecule has 1 aromatic rings. The Hall–Kier alpha value is -2.42. The molecule has 0 spiro atoms. The van der Waals surface area contributed by atoms with Crippen molar-refractivity contribution in [2.45, 2.75) is 43.5 Å². The van der Waals surface area contributed by atoms with Crippen LogP contribution in [0.5, 0.6) is 0 Å². The summed E-state index contributed by atoms with van der Waals surface area (Å²) in [7, 11) is -3.65. The van der Waals surface area contributed by atoms with Crippen molar-refractivity contribution in [3.05, 3.63) is 29.8 Å². The number of fused-ring (bicyclic) bond motifs is 1. The molecular weight excluding hydrogens is 370 g/mol. The highest BCUT2D eigenvalue weighted by Gasteiger charge is 2.30. The highest BCUT2D eigenvalue weighted by atomic mass is 32.2. The van der Waals surface area contributed by atoms with Crippen molar-refractivity contribution >= 4 is 27.7 Å². The van der Waals surface area contributed by atoms with Gasteiger partial charge in [0.25, 0.3) is 15.9 Å². The van der Waals surface area contributed by atoms with Gasteiger partial charge in [-0.15, -0.1) is 0 Å². The van der Waals surface area contributed by atoms with Gasteiger partial charge in [0, 0.05) is 11.6 Å². The van der Waals surface area contributed by atoms with Crippen molar-refractivity contribution in [2.24, 2.45) is 10.9 Å². The average molecular weight is 393 g/mol. The van der Waals surface area contributed by atoms with Crippen LogP contribution in [0.4, 0.5) is 0 Å². The molecule has 2 atom stereocenters. The number of esters is 1. The molecule has 0 unspecified atom stereocenters. The van der Waals surface area contributed by atoms with Gasteiger partial charge in [-0.25, -0.2) is 8.42 Å². The monoisotopic (exact) mass is 393 g/mol. The molecule has 0 aromatic heterocycles. The first-order valence-corrected chi connectivity index (χ1v) is 10.5. The van der Waals surface area contributed by atoms with E-state index in [-0.39, 0.29) is 35.8 Å². The van der Waals surface area contributed by atoms with Crippen LogP contribution in [0.2, 0.25) is 0 Å². The summed E-state index contributed by atoms with van der Waals surface area (Å²) in [4.78, 5) is 27.9. The maximum atomic E-state index is 12.0. The van der Waals surface area contributed by atoms with E-state index in [4.69, 9.17) is 4.74 Å². The molecule has 1 amide bonds. The second kappa shape index (κ2) is 8.08. The number of aliphatic imine (C=N–C) groups is 1. The van der Waals surface area contributed by atoms with Gasteiger partial charge in [-0.3, -0.25) is 19.3 Å². The lowest BCUT2D eigenvalue weighted by molar-refractivity contribution is -0.147. The van der Waals surface area contributed by atoms with E-state index in [1.54, 1.807) is 18.2 Å². The lowest BCUT2D eigenvalue weighted by Gasteiger charge is -2.29. The zero-order chi connectivity index (χ0) is 19.4. The summed E-state index contributed by atoms with van der Waals surface area (Å²) in [5.41, 5.74) is 0.411. The molecule has 146 valence electrons. The first kappa shape index (κ1) is 19.3. The number of rotatable bonds is 5. The fourth-order valence-electron chi connectivity index (χ4n) is 3.37. The van der Waals surface area contributed by atoms with E-state index in [2.05, 4.69) is 22.0 Å². The van der Waals surface area contributed by atoms with Gasteiger partial charge in [0.05, 0.1) is 4.90 Å². The molecule has 27 heavy (non-hydrogen) atoms. The number of amides is 1. The van der Waals surface area contributed by atoms with Crippen LogP contribution in [0.15, 0.2) is 34.2 Å². The normalized spacial score (nSPS) is 24.7. The lowest BCUT2D eigenvalue weighted by atomic mass is 9.86. The van der Waals surface area contributed by atoms with Gasteiger partial charge in [-0.2, -0.15) is 0 Å². The third kappa shape index (κ3) is 4.65. The van der Waals surface area contributed by atoms with Gasteiger partial charge in [0.1, 0.15) is 12.4 Å². The molecule has 1 heterocycles. The van der Waals surface area contributed by atoms with Crippen molar-refractivity contribution in [1.29, 1.82) is 0 Å². The lowest BCUT2D eigenvalue weighted by Crippen LogP contribution is -2.43. The topological polar surface area (TPSA) is 114 Å². The maximum absolute atomic E-state index is 12.0. The average Bonchev–Trinajstić information content (AvgIpc) is 2.91. The third-order valence-corrected chi connectivity index (χ3v) is 6.25. The molecule has 1 aromatic carbocycles. The minimum Gasteiger partial charge on any atom is -0.454 e. The molecule has 3 rings (SSSR count). The van der Waals surface area contributed by atoms with E-state index in [1.165, 1.54) is 12.5 Å². The number of carbonyl (C=O) groups excluding carboxylic acids is 2. The van der Waals surface area contributed by atoms with E-state index in [9.17, 15) is 18.0 Å². The highest BCUT2D eigenvalue weighted by molar-refractivity contribution is 7.90. The minimum absolute atomic E-state index is 0.100. The van der Waals surface area contributed by atoms with Gasteiger partial charge >= 0.3 is 5.97 Å².